The predicted octanol–water partition coefficient (Wildman–Crippen LogP) is 4.49. The highest BCUT2D eigenvalue weighted by Crippen LogP contribution is 2.24. The van der Waals surface area contributed by atoms with Crippen LogP contribution in [0.1, 0.15) is 21.5 Å². The van der Waals surface area contributed by atoms with Crippen LogP contribution in [0, 0.1) is 5.41 Å². The van der Waals surface area contributed by atoms with Crippen molar-refractivity contribution in [2.24, 2.45) is 0 Å². The molecule has 0 saturated heterocycles. The Bertz CT molecular complexity index is 1070. The molecule has 0 aliphatic heterocycles. The fraction of sp³-hybridized carbons (Fsp3) is 0.174. The lowest BCUT2D eigenvalue weighted by Gasteiger charge is -2.15. The highest BCUT2D eigenvalue weighted by atomic mass is 35.5. The number of benzene rings is 2. The number of amides is 1. The minimum absolute atomic E-state index is 0.314. The first-order valence-electron chi connectivity index (χ1n) is 9.57. The molecule has 0 aliphatic rings. The number of nitrogens with one attached hydrogen (secondary N) is 3. The van der Waals surface area contributed by atoms with Gasteiger partial charge < -0.3 is 20.3 Å². The Labute approximate surface area is 186 Å². The van der Waals surface area contributed by atoms with Crippen LogP contribution in [0.2, 0.25) is 5.02 Å². The van der Waals surface area contributed by atoms with Gasteiger partial charge in [0.15, 0.2) is 0 Å². The van der Waals surface area contributed by atoms with E-state index in [0.29, 0.717) is 40.2 Å². The van der Waals surface area contributed by atoms with Crippen molar-refractivity contribution >= 4 is 34.8 Å². The van der Waals surface area contributed by atoms with Gasteiger partial charge in [0, 0.05) is 38.1 Å². The molecule has 0 radical (unpaired) electrons. The molecule has 8 heteroatoms. The minimum Gasteiger partial charge on any atom is -0.497 e. The van der Waals surface area contributed by atoms with E-state index < -0.39 is 0 Å². The third kappa shape index (κ3) is 5.73. The molecule has 1 aromatic heterocycles. The van der Waals surface area contributed by atoms with E-state index in [9.17, 15) is 4.79 Å². The zero-order chi connectivity index (χ0) is 22.4. The lowest BCUT2D eigenvalue weighted by Crippen LogP contribution is -2.21. The highest BCUT2D eigenvalue weighted by Gasteiger charge is 2.14. The van der Waals surface area contributed by atoms with E-state index in [1.807, 2.05) is 38.4 Å². The molecule has 31 heavy (non-hydrogen) atoms. The largest absolute Gasteiger partial charge is 0.497 e. The monoisotopic (exact) mass is 437 g/mol. The number of anilines is 2. The van der Waals surface area contributed by atoms with Crippen LogP contribution in [0.25, 0.3) is 0 Å². The molecule has 0 unspecified atom stereocenters. The van der Waals surface area contributed by atoms with Crippen molar-refractivity contribution in [3.8, 4) is 5.75 Å². The average molecular weight is 438 g/mol. The molecule has 7 nitrogen and oxygen atoms in total. The molecule has 0 fully saturated rings. The molecule has 0 atom stereocenters. The Balaban J connectivity index is 1.75. The topological polar surface area (TPSA) is 90.3 Å². The molecule has 1 heterocycles. The lowest BCUT2D eigenvalue weighted by atomic mass is 10.1. The predicted molar refractivity (Wildman–Crippen MR) is 124 cm³/mol. The minimum atomic E-state index is -0.314. The van der Waals surface area contributed by atoms with Crippen LogP contribution in [0.4, 0.5) is 11.5 Å². The summed E-state index contributed by atoms with van der Waals surface area (Å²) in [5.41, 5.74) is 2.96. The number of methoxy groups -OCH3 is 1. The van der Waals surface area contributed by atoms with Crippen molar-refractivity contribution in [2.75, 3.05) is 31.8 Å². The third-order valence-electron chi connectivity index (χ3n) is 4.60. The molecule has 0 bridgehead atoms. The maximum absolute atomic E-state index is 12.9. The van der Waals surface area contributed by atoms with Gasteiger partial charge in [-0.1, -0.05) is 35.9 Å². The van der Waals surface area contributed by atoms with Gasteiger partial charge in [-0.15, -0.1) is 0 Å². The number of nitrogens with zero attached hydrogens (tertiary/aromatic N) is 2. The van der Waals surface area contributed by atoms with E-state index in [2.05, 4.69) is 15.6 Å². The summed E-state index contributed by atoms with van der Waals surface area (Å²) in [6.45, 7) is 0.515. The van der Waals surface area contributed by atoms with Crippen LogP contribution < -0.4 is 15.4 Å². The lowest BCUT2D eigenvalue weighted by molar-refractivity contribution is 0.102. The van der Waals surface area contributed by atoms with Gasteiger partial charge in [-0.25, -0.2) is 4.98 Å². The highest BCUT2D eigenvalue weighted by molar-refractivity contribution is 6.30. The van der Waals surface area contributed by atoms with E-state index in [1.165, 1.54) is 6.20 Å². The summed E-state index contributed by atoms with van der Waals surface area (Å²) >= 11 is 5.86. The fourth-order valence-corrected chi connectivity index (χ4v) is 2.97. The summed E-state index contributed by atoms with van der Waals surface area (Å²) < 4.78 is 5.28. The summed E-state index contributed by atoms with van der Waals surface area (Å²) in [6, 6.07) is 16.3. The van der Waals surface area contributed by atoms with Gasteiger partial charge in [-0.2, -0.15) is 0 Å². The summed E-state index contributed by atoms with van der Waals surface area (Å²) in [4.78, 5) is 18.7. The van der Waals surface area contributed by atoms with Crippen molar-refractivity contribution in [1.29, 1.82) is 5.41 Å². The van der Waals surface area contributed by atoms with Crippen LogP contribution in [-0.4, -0.2) is 42.8 Å². The van der Waals surface area contributed by atoms with Crippen molar-refractivity contribution in [3.05, 3.63) is 82.5 Å². The number of ether oxygens (including phenoxy) is 1. The van der Waals surface area contributed by atoms with Gasteiger partial charge in [-0.3, -0.25) is 10.2 Å². The summed E-state index contributed by atoms with van der Waals surface area (Å²) in [7, 11) is 5.24. The standard InChI is InChI=1S/C23H24ClN5O2/c1-29(2)22(25)16-6-4-15(5-7-16)13-26-20-10-9-18(31-3)12-19(20)23(30)28-21-11-8-17(24)14-27-21/h4-12,14,25-26H,13H2,1-3H3,(H,27,28,30). The molecule has 0 spiro atoms. The molecule has 3 aromatic rings. The second-order valence-corrected chi connectivity index (χ2v) is 7.46. The second-order valence-electron chi connectivity index (χ2n) is 7.02. The number of rotatable bonds is 7. The van der Waals surface area contributed by atoms with E-state index in [1.54, 1.807) is 42.3 Å². The first-order chi connectivity index (χ1) is 14.9. The van der Waals surface area contributed by atoms with E-state index in [-0.39, 0.29) is 5.91 Å². The van der Waals surface area contributed by atoms with E-state index >= 15 is 0 Å². The van der Waals surface area contributed by atoms with Crippen molar-refractivity contribution in [1.82, 2.24) is 9.88 Å². The smallest absolute Gasteiger partial charge is 0.259 e. The van der Waals surface area contributed by atoms with Gasteiger partial charge in [-0.05, 0) is 35.9 Å². The molecule has 2 aromatic carbocycles. The zero-order valence-electron chi connectivity index (χ0n) is 17.6. The Kier molecular flexibility index (Phi) is 7.10. The number of amidine groups is 1. The van der Waals surface area contributed by atoms with E-state index in [0.717, 1.165) is 11.1 Å². The number of carbonyl (C=O) groups is 1. The Morgan fingerprint density at radius 1 is 1.13 bits per heavy atom. The number of aromatic nitrogens is 1. The summed E-state index contributed by atoms with van der Waals surface area (Å²) in [6.07, 6.45) is 1.47. The average Bonchev–Trinajstić information content (AvgIpc) is 2.78. The van der Waals surface area contributed by atoms with Gasteiger partial charge in [0.25, 0.3) is 5.91 Å². The number of hydrogen-bond acceptors (Lipinski definition) is 5. The molecule has 3 N–H and O–H groups in total. The Hall–Kier alpha value is -3.58. The van der Waals surface area contributed by atoms with Crippen LogP contribution >= 0.6 is 11.6 Å². The Morgan fingerprint density at radius 2 is 1.87 bits per heavy atom. The van der Waals surface area contributed by atoms with Crippen LogP contribution in [0.3, 0.4) is 0 Å². The van der Waals surface area contributed by atoms with Crippen LogP contribution in [0.5, 0.6) is 5.75 Å². The first kappa shape index (κ1) is 22.1. The maximum atomic E-state index is 12.9. The number of pyridine rings is 1. The van der Waals surface area contributed by atoms with E-state index in [4.69, 9.17) is 21.7 Å². The number of carbonyl (C=O) groups excluding carboxylic acids is 1. The fourth-order valence-electron chi connectivity index (χ4n) is 2.86. The maximum Gasteiger partial charge on any atom is 0.259 e. The SMILES string of the molecule is COc1ccc(NCc2ccc(C(=N)N(C)C)cc2)c(C(=O)Nc2ccc(Cl)cn2)c1. The van der Waals surface area contributed by atoms with Gasteiger partial charge in [0.05, 0.1) is 17.7 Å². The van der Waals surface area contributed by atoms with Crippen molar-refractivity contribution in [3.63, 3.8) is 0 Å². The summed E-state index contributed by atoms with van der Waals surface area (Å²) in [5.74, 6) is 1.11. The van der Waals surface area contributed by atoms with Crippen LogP contribution in [0.15, 0.2) is 60.8 Å². The van der Waals surface area contributed by atoms with Gasteiger partial charge >= 0.3 is 0 Å². The molecule has 3 rings (SSSR count). The van der Waals surface area contributed by atoms with Crippen LogP contribution in [-0.2, 0) is 6.54 Å². The normalized spacial score (nSPS) is 10.3. The zero-order valence-corrected chi connectivity index (χ0v) is 18.3. The van der Waals surface area contributed by atoms with Crippen molar-refractivity contribution in [2.45, 2.75) is 6.54 Å². The van der Waals surface area contributed by atoms with Gasteiger partial charge in [0.2, 0.25) is 0 Å². The second kappa shape index (κ2) is 9.95. The quantitative estimate of drug-likeness (QED) is 0.374. The van der Waals surface area contributed by atoms with Gasteiger partial charge in [0.1, 0.15) is 17.4 Å². The third-order valence-corrected chi connectivity index (χ3v) is 4.82. The Morgan fingerprint density at radius 3 is 2.48 bits per heavy atom. The van der Waals surface area contributed by atoms with Crippen molar-refractivity contribution < 1.29 is 9.53 Å². The summed E-state index contributed by atoms with van der Waals surface area (Å²) in [5, 5.41) is 14.6. The molecule has 1 amide bonds. The molecule has 0 saturated carbocycles. The first-order valence-corrected chi connectivity index (χ1v) is 9.95. The molecular weight excluding hydrogens is 414 g/mol. The number of halogens is 1. The molecule has 160 valence electrons. The molecular formula is C23H24ClN5O2. The molecule has 0 aliphatic carbocycles. The number of hydrogen-bond donors (Lipinski definition) is 3.